The molecule has 21 aliphatic heterocycles. The monoisotopic (exact) mass is 1220 g/mol. The van der Waals surface area contributed by atoms with Crippen LogP contribution in [0.5, 0.6) is 0 Å². The number of aliphatic hydroxyl groups excluding tert-OH is 20. The molecule has 0 unspecified atom stereocenters. The van der Waals surface area contributed by atoms with Crippen molar-refractivity contribution in [1.82, 2.24) is 0 Å². The Kier molecular flexibility index (Phi) is 24.3. The molecule has 36 heteroatoms. The molecule has 0 amide bonds. The van der Waals surface area contributed by atoms with Gasteiger partial charge in [0.15, 0.2) is 44.0 Å². The molecule has 36 nitrogen and oxygen atoms in total. The van der Waals surface area contributed by atoms with Crippen LogP contribution in [0.3, 0.4) is 0 Å². The maximum absolute atomic E-state index is 11.7. The van der Waals surface area contributed by atoms with Crippen LogP contribution >= 0.6 is 0 Å². The number of ether oxygens (including phenoxy) is 15. The van der Waals surface area contributed by atoms with Crippen LogP contribution in [0.2, 0.25) is 0 Å². The molecule has 0 aromatic rings. The van der Waals surface area contributed by atoms with E-state index < -0.39 is 261 Å². The number of hydrogen-bond acceptors (Lipinski definition) is 36. The standard InChI is InChI=1S/C47H81NO35/c48-4-2-1-3-5-69-12-19-40-26(61)33(68)47(76-19)82-39-18(11-54)74-45(31(66)24(39)59)80-37-16(9-52)72-43(29(64)22(37)57)78-35-14(7-50)70-41(27(62)20(35)55)77-34-13(6-49)71-42(28(63)21(34)56)79-36-15(8-51)73-44(30(65)23(36)58)81-38-17(10-53)75-46(83-40)32(67)25(38)60/h13-47,49-68H,1-12,48H2/t13-,14+,15-,16+,17-,18+,19-,20+,21+,22-,23+,24-,25+,26+,27+,28+,29-,30+,31+,32+,33+,34+,35+,36+,37+,38+,39+,40+,41+,42+,43+,44+,45+,46+,47+/m0/s1. The fraction of sp³-hybridized carbons (Fsp3) is 1.00. The Morgan fingerprint density at radius 1 is 0.241 bits per heavy atom. The van der Waals surface area contributed by atoms with Gasteiger partial charge >= 0.3 is 0 Å². The van der Waals surface area contributed by atoms with E-state index in [4.69, 9.17) is 76.8 Å². The van der Waals surface area contributed by atoms with Crippen molar-refractivity contribution in [2.75, 3.05) is 59.4 Å². The van der Waals surface area contributed by atoms with Gasteiger partial charge in [-0.3, -0.25) is 0 Å². The van der Waals surface area contributed by atoms with E-state index in [1.165, 1.54) is 0 Å². The molecule has 0 radical (unpaired) electrons. The molecule has 0 saturated carbocycles. The zero-order valence-corrected chi connectivity index (χ0v) is 44.3. The second-order valence-corrected chi connectivity index (χ2v) is 21.4. The second-order valence-electron chi connectivity index (χ2n) is 21.4. The van der Waals surface area contributed by atoms with E-state index in [0.29, 0.717) is 25.8 Å². The highest BCUT2D eigenvalue weighted by molar-refractivity contribution is 5.02. The summed E-state index contributed by atoms with van der Waals surface area (Å²) < 4.78 is 86.8. The lowest BCUT2D eigenvalue weighted by Gasteiger charge is -2.50. The SMILES string of the molecule is NCCCCCOC[C@@H]1O[C@@H]2O[C@H]3[C@@H](O)[C@@H](O)[C@@H](O[C@H]4[C@@H](O)[C@H](O)[C@@H](O[C@H]5[C@H](O)[C@@H](O)[C@@H](O[C@H]6[C@H](O)[C@@H](O)[C@@H](O[C@H]7[C@H](O)[C@@H](O)[C@@H](O[C@H]8[C@H](O)[C@@H](O)[C@@H](O[C@H]1[C@H](O)[C@H]2O)O[C@H]8CO)O[C@H]7CO)O[C@H]6CO)O[C@@H]5CO)O[C@@H]4CO)O[C@@H]3CO. The maximum atomic E-state index is 11.7. The first-order valence-corrected chi connectivity index (χ1v) is 27.3. The van der Waals surface area contributed by atoms with Crippen LogP contribution in [-0.4, -0.2) is 376 Å². The van der Waals surface area contributed by atoms with E-state index in [9.17, 15) is 102 Å². The van der Waals surface area contributed by atoms with Gasteiger partial charge in [0.2, 0.25) is 0 Å². The van der Waals surface area contributed by atoms with Crippen molar-refractivity contribution in [3.8, 4) is 0 Å². The molecular weight excluding hydrogens is 1140 g/mol. The molecular formula is C47H81NO35. The molecule has 83 heavy (non-hydrogen) atoms. The fourth-order valence-electron chi connectivity index (χ4n) is 11.1. The lowest BCUT2D eigenvalue weighted by molar-refractivity contribution is -0.397. The van der Waals surface area contributed by atoms with Gasteiger partial charge in [-0.25, -0.2) is 0 Å². The zero-order chi connectivity index (χ0) is 60.3. The molecule has 21 aliphatic rings. The van der Waals surface area contributed by atoms with Crippen LogP contribution in [0.15, 0.2) is 0 Å². The van der Waals surface area contributed by atoms with Crippen molar-refractivity contribution in [1.29, 1.82) is 0 Å². The first kappa shape index (κ1) is 67.5. The third-order valence-electron chi connectivity index (χ3n) is 15.9. The summed E-state index contributed by atoms with van der Waals surface area (Å²) >= 11 is 0. The van der Waals surface area contributed by atoms with Gasteiger partial charge in [-0.2, -0.15) is 0 Å². The smallest absolute Gasteiger partial charge is 0.187 e. The topological polar surface area (TPSA) is 569 Å². The highest BCUT2D eigenvalue weighted by Crippen LogP contribution is 2.39. The molecule has 22 N–H and O–H groups in total. The number of nitrogens with two attached hydrogens (primary N) is 1. The molecule has 0 aliphatic carbocycles. The minimum absolute atomic E-state index is 0.0854. The summed E-state index contributed by atoms with van der Waals surface area (Å²) in [5, 5.41) is 223. The lowest BCUT2D eigenvalue weighted by atomic mass is 9.95. The van der Waals surface area contributed by atoms with Crippen molar-refractivity contribution in [3.05, 3.63) is 0 Å². The van der Waals surface area contributed by atoms with Crippen molar-refractivity contribution in [3.63, 3.8) is 0 Å². The molecule has 0 aromatic heterocycles. The van der Waals surface area contributed by atoms with E-state index in [-0.39, 0.29) is 6.61 Å². The Labute approximate surface area is 471 Å². The fourth-order valence-corrected chi connectivity index (χ4v) is 11.1. The Bertz CT molecular complexity index is 1930. The molecule has 0 aromatic carbocycles. The van der Waals surface area contributed by atoms with Crippen molar-refractivity contribution in [2.45, 2.75) is 234 Å². The molecule has 21 heterocycles. The van der Waals surface area contributed by atoms with Crippen molar-refractivity contribution >= 4 is 0 Å². The van der Waals surface area contributed by atoms with Crippen LogP contribution < -0.4 is 5.73 Å². The Hall–Kier alpha value is -1.44. The van der Waals surface area contributed by atoms with Gasteiger partial charge in [-0.05, 0) is 25.8 Å². The van der Waals surface area contributed by atoms with Gasteiger partial charge in [0.25, 0.3) is 0 Å². The summed E-state index contributed by atoms with van der Waals surface area (Å²) in [7, 11) is 0. The molecule has 484 valence electrons. The molecule has 21 fully saturated rings. The maximum Gasteiger partial charge on any atom is 0.187 e. The molecule has 14 bridgehead atoms. The van der Waals surface area contributed by atoms with E-state index >= 15 is 0 Å². The van der Waals surface area contributed by atoms with Gasteiger partial charge in [-0.1, -0.05) is 0 Å². The van der Waals surface area contributed by atoms with E-state index in [1.807, 2.05) is 0 Å². The average molecular weight is 1220 g/mol. The van der Waals surface area contributed by atoms with Crippen molar-refractivity contribution < 1.29 is 173 Å². The Morgan fingerprint density at radius 2 is 0.434 bits per heavy atom. The van der Waals surface area contributed by atoms with E-state index in [0.717, 1.165) is 0 Å². The summed E-state index contributed by atoms with van der Waals surface area (Å²) in [6.45, 7) is -6.20. The van der Waals surface area contributed by atoms with Crippen LogP contribution in [0.1, 0.15) is 19.3 Å². The quantitative estimate of drug-likeness (QED) is 0.0762. The van der Waals surface area contributed by atoms with E-state index in [2.05, 4.69) is 0 Å². The van der Waals surface area contributed by atoms with Gasteiger partial charge in [0.1, 0.15) is 171 Å². The predicted octanol–water partition coefficient (Wildman–Crippen LogP) is -14.1. The summed E-state index contributed by atoms with van der Waals surface area (Å²) in [6.07, 6.45) is -67.7. The summed E-state index contributed by atoms with van der Waals surface area (Å²) in [6, 6.07) is 0. The Balaban J connectivity index is 1.09. The summed E-state index contributed by atoms with van der Waals surface area (Å²) in [5.41, 5.74) is 5.61. The highest BCUT2D eigenvalue weighted by Gasteiger charge is 2.59. The van der Waals surface area contributed by atoms with Crippen LogP contribution in [0.25, 0.3) is 0 Å². The number of unbranched alkanes of at least 4 members (excludes halogenated alkanes) is 2. The van der Waals surface area contributed by atoms with Crippen molar-refractivity contribution in [2.24, 2.45) is 5.73 Å². The minimum Gasteiger partial charge on any atom is -0.394 e. The predicted molar refractivity (Wildman–Crippen MR) is 255 cm³/mol. The highest BCUT2D eigenvalue weighted by atomic mass is 16.8. The molecule has 21 rings (SSSR count). The number of aliphatic hydroxyl groups is 20. The minimum atomic E-state index is -2.21. The first-order chi connectivity index (χ1) is 39.7. The normalized spacial score (nSPS) is 52.2. The van der Waals surface area contributed by atoms with Crippen LogP contribution in [0.4, 0.5) is 0 Å². The molecule has 0 spiro atoms. The summed E-state index contributed by atoms with van der Waals surface area (Å²) in [5.74, 6) is 0. The van der Waals surface area contributed by atoms with Crippen LogP contribution in [0, 0.1) is 0 Å². The first-order valence-electron chi connectivity index (χ1n) is 27.3. The largest absolute Gasteiger partial charge is 0.394 e. The second kappa shape index (κ2) is 29.9. The van der Waals surface area contributed by atoms with E-state index in [1.54, 1.807) is 0 Å². The average Bonchev–Trinajstić information content (AvgIpc) is 3.66. The molecule has 21 saturated heterocycles. The zero-order valence-electron chi connectivity index (χ0n) is 44.3. The van der Waals surface area contributed by atoms with Gasteiger partial charge < -0.3 is 179 Å². The van der Waals surface area contributed by atoms with Gasteiger partial charge in [0, 0.05) is 6.61 Å². The number of hydrogen-bond donors (Lipinski definition) is 21. The lowest BCUT2D eigenvalue weighted by Crippen LogP contribution is -2.68. The van der Waals surface area contributed by atoms with Crippen LogP contribution in [-0.2, 0) is 71.1 Å². The number of rotatable bonds is 13. The third-order valence-corrected chi connectivity index (χ3v) is 15.9. The van der Waals surface area contributed by atoms with Gasteiger partial charge in [0.05, 0.1) is 46.2 Å². The van der Waals surface area contributed by atoms with Gasteiger partial charge in [-0.15, -0.1) is 0 Å². The Morgan fingerprint density at radius 3 is 0.627 bits per heavy atom. The third kappa shape index (κ3) is 14.3. The molecule has 35 atom stereocenters. The summed E-state index contributed by atoms with van der Waals surface area (Å²) in [4.78, 5) is 0.